The van der Waals surface area contributed by atoms with Crippen molar-refractivity contribution < 1.29 is 9.59 Å². The zero-order valence-corrected chi connectivity index (χ0v) is 19.6. The molecular weight excluding hydrogens is 430 g/mol. The third-order valence-corrected chi connectivity index (χ3v) is 7.12. The summed E-state index contributed by atoms with van der Waals surface area (Å²) < 4.78 is 1.98. The van der Waals surface area contributed by atoms with E-state index in [1.54, 1.807) is 35.6 Å². The number of nitrogens with one attached hydrogen (secondary N) is 1. The highest BCUT2D eigenvalue weighted by atomic mass is 32.2. The molecule has 0 saturated heterocycles. The van der Waals surface area contributed by atoms with Crippen LogP contribution >= 0.6 is 23.1 Å². The van der Waals surface area contributed by atoms with Crippen LogP contribution in [-0.2, 0) is 4.79 Å². The van der Waals surface area contributed by atoms with Gasteiger partial charge in [0.1, 0.15) is 10.7 Å². The van der Waals surface area contributed by atoms with Crippen molar-refractivity contribution in [1.82, 2.24) is 19.6 Å². The lowest BCUT2D eigenvalue weighted by Crippen LogP contribution is -2.14. The van der Waals surface area contributed by atoms with Gasteiger partial charge in [0.2, 0.25) is 5.91 Å². The van der Waals surface area contributed by atoms with E-state index in [1.807, 2.05) is 4.40 Å². The predicted molar refractivity (Wildman–Crippen MR) is 126 cm³/mol. The fourth-order valence-corrected chi connectivity index (χ4v) is 5.11. The number of Topliss-reactive ketones (excluding diaryl/α,β-unsaturated/α-hetero) is 1. The Morgan fingerprint density at radius 3 is 2.52 bits per heavy atom. The number of ketones is 1. The quantitative estimate of drug-likeness (QED) is 0.326. The molecule has 9 heteroatoms. The van der Waals surface area contributed by atoms with Gasteiger partial charge < -0.3 is 5.32 Å². The number of nitrogens with zero attached hydrogens (tertiary/aromatic N) is 4. The molecule has 0 fully saturated rings. The molecule has 0 aliphatic heterocycles. The van der Waals surface area contributed by atoms with Gasteiger partial charge in [-0.25, -0.2) is 4.98 Å². The average Bonchev–Trinajstić information content (AvgIpc) is 3.26. The van der Waals surface area contributed by atoms with E-state index < -0.39 is 0 Å². The van der Waals surface area contributed by atoms with Crippen LogP contribution in [0.5, 0.6) is 0 Å². The zero-order chi connectivity index (χ0) is 22.3. The van der Waals surface area contributed by atoms with E-state index in [0.717, 1.165) is 21.7 Å². The molecule has 160 valence electrons. The minimum atomic E-state index is -0.153. The van der Waals surface area contributed by atoms with Gasteiger partial charge in [0.05, 0.1) is 11.1 Å². The summed E-state index contributed by atoms with van der Waals surface area (Å²) in [5.74, 6) is 1.09. The van der Waals surface area contributed by atoms with Gasteiger partial charge in [0.15, 0.2) is 16.6 Å². The van der Waals surface area contributed by atoms with Crippen molar-refractivity contribution in [3.63, 3.8) is 0 Å². The van der Waals surface area contributed by atoms with Crippen LogP contribution in [-0.4, -0.2) is 37.0 Å². The van der Waals surface area contributed by atoms with Crippen LogP contribution in [0.1, 0.15) is 53.3 Å². The molecule has 4 aromatic rings. The maximum atomic E-state index is 12.5. The van der Waals surface area contributed by atoms with E-state index in [-0.39, 0.29) is 23.4 Å². The lowest BCUT2D eigenvalue weighted by atomic mass is 10.1. The molecule has 3 aromatic heterocycles. The summed E-state index contributed by atoms with van der Waals surface area (Å²) in [6.45, 7) is 9.86. The molecule has 0 saturated carbocycles. The first-order valence-electron chi connectivity index (χ1n) is 9.94. The van der Waals surface area contributed by atoms with E-state index in [1.165, 1.54) is 29.1 Å². The van der Waals surface area contributed by atoms with Gasteiger partial charge >= 0.3 is 0 Å². The Bertz CT molecular complexity index is 1310. The Labute approximate surface area is 188 Å². The molecule has 0 atom stereocenters. The highest BCUT2D eigenvalue weighted by molar-refractivity contribution is 7.99. The summed E-state index contributed by atoms with van der Waals surface area (Å²) in [5.41, 5.74) is 3.22. The topological polar surface area (TPSA) is 89.2 Å². The summed E-state index contributed by atoms with van der Waals surface area (Å²) in [6.07, 6.45) is 0. The minimum absolute atomic E-state index is 0.00755. The first-order valence-corrected chi connectivity index (χ1v) is 11.7. The predicted octanol–water partition coefficient (Wildman–Crippen LogP) is 5.01. The van der Waals surface area contributed by atoms with Gasteiger partial charge in [-0.3, -0.25) is 14.0 Å². The molecule has 0 aliphatic carbocycles. The fourth-order valence-electron chi connectivity index (χ4n) is 3.34. The molecule has 7 nitrogen and oxygen atoms in total. The summed E-state index contributed by atoms with van der Waals surface area (Å²) >= 11 is 3.00. The van der Waals surface area contributed by atoms with Crippen molar-refractivity contribution in [3.8, 4) is 0 Å². The molecule has 1 N–H and O–H groups in total. The normalized spacial score (nSPS) is 11.5. The van der Waals surface area contributed by atoms with Crippen molar-refractivity contribution >= 4 is 56.3 Å². The summed E-state index contributed by atoms with van der Waals surface area (Å²) in [6, 6.07) is 6.86. The number of thioether (sulfide) groups is 1. The van der Waals surface area contributed by atoms with Crippen LogP contribution in [0.2, 0.25) is 0 Å². The van der Waals surface area contributed by atoms with Gasteiger partial charge in [0, 0.05) is 22.0 Å². The summed E-state index contributed by atoms with van der Waals surface area (Å²) in [7, 11) is 0. The van der Waals surface area contributed by atoms with E-state index in [9.17, 15) is 9.59 Å². The molecule has 3 heterocycles. The standard InChI is InChI=1S/C22H23N5O2S2/c1-11(2)19-24-21-18(12(3)14(5)31-21)20-25-26-22(27(19)20)30-10-17(29)23-16-8-6-15(7-9-16)13(4)28/h6-9,11H,10H2,1-5H3,(H,23,29). The number of aryl methyl sites for hydroxylation is 2. The Balaban J connectivity index is 1.59. The Morgan fingerprint density at radius 2 is 1.87 bits per heavy atom. The Hall–Kier alpha value is -2.78. The monoisotopic (exact) mass is 453 g/mol. The largest absolute Gasteiger partial charge is 0.325 e. The molecule has 1 amide bonds. The number of hydrogen-bond acceptors (Lipinski definition) is 7. The smallest absolute Gasteiger partial charge is 0.234 e. The Morgan fingerprint density at radius 1 is 1.16 bits per heavy atom. The maximum Gasteiger partial charge on any atom is 0.234 e. The van der Waals surface area contributed by atoms with Gasteiger partial charge in [-0.2, -0.15) is 0 Å². The zero-order valence-electron chi connectivity index (χ0n) is 18.0. The van der Waals surface area contributed by atoms with E-state index in [2.05, 4.69) is 43.2 Å². The van der Waals surface area contributed by atoms with Crippen LogP contribution < -0.4 is 5.32 Å². The van der Waals surface area contributed by atoms with Crippen molar-refractivity contribution in [2.24, 2.45) is 0 Å². The first-order chi connectivity index (χ1) is 14.8. The molecule has 4 rings (SSSR count). The molecule has 0 bridgehead atoms. The molecule has 0 unspecified atom stereocenters. The number of rotatable bonds is 6. The SMILES string of the molecule is CC(=O)c1ccc(NC(=O)CSc2nnc3c4c(C)c(C)sc4nc(C(C)C)n23)cc1. The van der Waals surface area contributed by atoms with Crippen LogP contribution in [0.25, 0.3) is 15.9 Å². The first kappa shape index (κ1) is 21.5. The van der Waals surface area contributed by atoms with Crippen LogP contribution in [0.15, 0.2) is 29.4 Å². The highest BCUT2D eigenvalue weighted by Gasteiger charge is 2.21. The molecular formula is C22H23N5O2S2. The minimum Gasteiger partial charge on any atom is -0.325 e. The number of fused-ring (bicyclic) bond motifs is 3. The number of anilines is 1. The third kappa shape index (κ3) is 4.07. The number of aromatic nitrogens is 4. The fraction of sp³-hybridized carbons (Fsp3) is 0.318. The van der Waals surface area contributed by atoms with Crippen molar-refractivity contribution in [2.75, 3.05) is 11.1 Å². The lowest BCUT2D eigenvalue weighted by molar-refractivity contribution is -0.113. The van der Waals surface area contributed by atoms with Crippen molar-refractivity contribution in [1.29, 1.82) is 0 Å². The number of hydrogen-bond donors (Lipinski definition) is 1. The van der Waals surface area contributed by atoms with Crippen molar-refractivity contribution in [3.05, 3.63) is 46.1 Å². The molecule has 0 radical (unpaired) electrons. The second kappa shape index (κ2) is 8.39. The number of carbonyl (C=O) groups is 2. The van der Waals surface area contributed by atoms with Crippen LogP contribution in [0.3, 0.4) is 0 Å². The van der Waals surface area contributed by atoms with E-state index in [4.69, 9.17) is 4.98 Å². The van der Waals surface area contributed by atoms with Gasteiger partial charge in [-0.15, -0.1) is 21.5 Å². The number of carbonyl (C=O) groups excluding carboxylic acids is 2. The average molecular weight is 454 g/mol. The Kier molecular flexibility index (Phi) is 5.81. The molecule has 31 heavy (non-hydrogen) atoms. The van der Waals surface area contributed by atoms with Gasteiger partial charge in [-0.05, 0) is 50.6 Å². The number of benzene rings is 1. The van der Waals surface area contributed by atoms with Crippen LogP contribution in [0, 0.1) is 13.8 Å². The molecule has 0 spiro atoms. The van der Waals surface area contributed by atoms with Crippen molar-refractivity contribution in [2.45, 2.75) is 45.7 Å². The molecule has 0 aliphatic rings. The second-order valence-corrected chi connectivity index (χ2v) is 9.85. The number of amides is 1. The molecule has 1 aromatic carbocycles. The third-order valence-electron chi connectivity index (χ3n) is 5.09. The second-order valence-electron chi connectivity index (χ2n) is 7.70. The highest BCUT2D eigenvalue weighted by Crippen LogP contribution is 2.34. The van der Waals surface area contributed by atoms with Gasteiger partial charge in [-0.1, -0.05) is 25.6 Å². The number of thiophene rings is 1. The lowest BCUT2D eigenvalue weighted by Gasteiger charge is -2.10. The van der Waals surface area contributed by atoms with Crippen LogP contribution in [0.4, 0.5) is 5.69 Å². The maximum absolute atomic E-state index is 12.5. The van der Waals surface area contributed by atoms with E-state index >= 15 is 0 Å². The summed E-state index contributed by atoms with van der Waals surface area (Å²) in [5, 5.41) is 13.4. The summed E-state index contributed by atoms with van der Waals surface area (Å²) in [4.78, 5) is 31.0. The van der Waals surface area contributed by atoms with Gasteiger partial charge in [0.25, 0.3) is 0 Å². The van der Waals surface area contributed by atoms with E-state index in [0.29, 0.717) is 16.4 Å².